The van der Waals surface area contributed by atoms with E-state index in [-0.39, 0.29) is 11.5 Å². The van der Waals surface area contributed by atoms with E-state index in [9.17, 15) is 14.9 Å². The standard InChI is InChI=1S/C15H16NO3Se/c1-10-8-14(20(3)9-11(10)2)15(17)12-4-6-13(7-5-12)16(18)19/h4-8H,9H2,1-3H3/q+1. The van der Waals surface area contributed by atoms with E-state index in [0.29, 0.717) is 5.56 Å². The summed E-state index contributed by atoms with van der Waals surface area (Å²) in [7, 11) is 0. The third kappa shape index (κ3) is 2.89. The van der Waals surface area contributed by atoms with Gasteiger partial charge in [-0.1, -0.05) is 0 Å². The van der Waals surface area contributed by atoms with Crippen LogP contribution in [0.1, 0.15) is 24.2 Å². The Labute approximate surface area is 122 Å². The van der Waals surface area contributed by atoms with E-state index in [1.165, 1.54) is 17.7 Å². The molecule has 1 heterocycles. The molecule has 0 spiro atoms. The molecular weight excluding hydrogens is 321 g/mol. The number of nitro benzene ring substituents is 1. The predicted molar refractivity (Wildman–Crippen MR) is 80.3 cm³/mol. The molecule has 1 aliphatic rings. The number of allylic oxidation sites excluding steroid dienone is 4. The van der Waals surface area contributed by atoms with E-state index in [2.05, 4.69) is 12.7 Å². The van der Waals surface area contributed by atoms with Crippen molar-refractivity contribution in [2.75, 3.05) is 0 Å². The van der Waals surface area contributed by atoms with Crippen molar-refractivity contribution in [3.8, 4) is 0 Å². The molecule has 0 aromatic heterocycles. The second-order valence-electron chi connectivity index (χ2n) is 4.89. The van der Waals surface area contributed by atoms with E-state index >= 15 is 0 Å². The molecule has 1 unspecified atom stereocenters. The van der Waals surface area contributed by atoms with Gasteiger partial charge in [0.15, 0.2) is 0 Å². The Morgan fingerprint density at radius 2 is 1.85 bits per heavy atom. The first kappa shape index (κ1) is 14.7. The number of rotatable bonds is 3. The van der Waals surface area contributed by atoms with Crippen LogP contribution < -0.4 is 0 Å². The van der Waals surface area contributed by atoms with Crippen LogP contribution in [0, 0.1) is 10.1 Å². The van der Waals surface area contributed by atoms with Crippen molar-refractivity contribution < 1.29 is 9.72 Å². The Morgan fingerprint density at radius 3 is 2.40 bits per heavy atom. The third-order valence-electron chi connectivity index (χ3n) is 3.39. The zero-order valence-electron chi connectivity index (χ0n) is 11.7. The second kappa shape index (κ2) is 5.73. The zero-order valence-corrected chi connectivity index (χ0v) is 13.4. The van der Waals surface area contributed by atoms with Crippen molar-refractivity contribution >= 4 is 25.4 Å². The minimum absolute atomic E-state index is 0.00941. The Morgan fingerprint density at radius 1 is 1.25 bits per heavy atom. The topological polar surface area (TPSA) is 60.2 Å². The van der Waals surface area contributed by atoms with Crippen LogP contribution in [0.5, 0.6) is 0 Å². The predicted octanol–water partition coefficient (Wildman–Crippen LogP) is 3.72. The quantitative estimate of drug-likeness (QED) is 0.366. The fourth-order valence-corrected chi connectivity index (χ4v) is 5.91. The monoisotopic (exact) mass is 338 g/mol. The fourth-order valence-electron chi connectivity index (χ4n) is 2.04. The van der Waals surface area contributed by atoms with Crippen molar-refractivity contribution in [2.24, 2.45) is 0 Å². The van der Waals surface area contributed by atoms with Gasteiger partial charge in [0.05, 0.1) is 0 Å². The number of hydrogen-bond acceptors (Lipinski definition) is 3. The molecule has 4 nitrogen and oxygen atoms in total. The summed E-state index contributed by atoms with van der Waals surface area (Å²) >= 11 is -1.10. The molecule has 5 heteroatoms. The van der Waals surface area contributed by atoms with Crippen LogP contribution in [0.25, 0.3) is 0 Å². The maximum absolute atomic E-state index is 12.5. The van der Waals surface area contributed by atoms with E-state index in [0.717, 1.165) is 15.4 Å². The van der Waals surface area contributed by atoms with Crippen molar-refractivity contribution in [1.29, 1.82) is 0 Å². The molecule has 1 aromatic carbocycles. The number of carbonyl (C=O) groups excluding carboxylic acids is 1. The molecule has 1 aromatic rings. The molecule has 0 amide bonds. The van der Waals surface area contributed by atoms with E-state index < -0.39 is 18.8 Å². The van der Waals surface area contributed by atoms with Crippen LogP contribution in [0.3, 0.4) is 0 Å². The van der Waals surface area contributed by atoms with Gasteiger partial charge in [-0.2, -0.15) is 0 Å². The van der Waals surface area contributed by atoms with Crippen LogP contribution >= 0.6 is 0 Å². The third-order valence-corrected chi connectivity index (χ3v) is 7.42. The fraction of sp³-hybridized carbons (Fsp3) is 0.267. The number of benzene rings is 1. The number of non-ortho nitro benzene ring substituents is 1. The number of ketones is 1. The molecule has 1 aliphatic heterocycles. The van der Waals surface area contributed by atoms with Crippen molar-refractivity contribution in [2.45, 2.75) is 25.0 Å². The van der Waals surface area contributed by atoms with Crippen LogP contribution in [0.15, 0.2) is 46.0 Å². The van der Waals surface area contributed by atoms with Crippen LogP contribution in [-0.4, -0.2) is 24.6 Å². The van der Waals surface area contributed by atoms with Crippen molar-refractivity contribution in [3.63, 3.8) is 0 Å². The van der Waals surface area contributed by atoms with Gasteiger partial charge in [-0.25, -0.2) is 0 Å². The summed E-state index contributed by atoms with van der Waals surface area (Å²) in [5, 5.41) is 11.6. The van der Waals surface area contributed by atoms with Crippen molar-refractivity contribution in [3.05, 3.63) is 61.6 Å². The van der Waals surface area contributed by atoms with E-state index in [1.807, 2.05) is 13.0 Å². The van der Waals surface area contributed by atoms with Crippen molar-refractivity contribution in [1.82, 2.24) is 0 Å². The Bertz CT molecular complexity index is 629. The molecule has 0 N–H and O–H groups in total. The van der Waals surface area contributed by atoms with E-state index in [1.54, 1.807) is 12.1 Å². The Hall–Kier alpha value is -1.71. The summed E-state index contributed by atoms with van der Waals surface area (Å²) in [4.78, 5) is 22.7. The number of nitro groups is 1. The van der Waals surface area contributed by atoms with Gasteiger partial charge in [-0.3, -0.25) is 0 Å². The molecule has 104 valence electrons. The van der Waals surface area contributed by atoms with Gasteiger partial charge >= 0.3 is 122 Å². The van der Waals surface area contributed by atoms with Gasteiger partial charge in [0.1, 0.15) is 0 Å². The zero-order chi connectivity index (χ0) is 14.9. The molecular formula is C15H16NO3Se+. The number of hydrogen-bond donors (Lipinski definition) is 0. The van der Waals surface area contributed by atoms with E-state index in [4.69, 9.17) is 0 Å². The summed E-state index contributed by atoms with van der Waals surface area (Å²) < 4.78 is 0.905. The number of Topliss-reactive ketones (excluding diaryl/α,β-unsaturated/α-hetero) is 1. The first-order chi connectivity index (χ1) is 9.40. The summed E-state index contributed by atoms with van der Waals surface area (Å²) in [5.41, 5.74) is 3.06. The number of nitrogens with zero attached hydrogens (tertiary/aromatic N) is 1. The van der Waals surface area contributed by atoms with Gasteiger partial charge in [0.2, 0.25) is 0 Å². The number of carbonyl (C=O) groups is 1. The molecule has 0 saturated carbocycles. The van der Waals surface area contributed by atoms with Gasteiger partial charge < -0.3 is 0 Å². The summed E-state index contributed by atoms with van der Waals surface area (Å²) in [6.07, 6.45) is 1.99. The van der Waals surface area contributed by atoms with Gasteiger partial charge in [-0.05, 0) is 0 Å². The molecule has 20 heavy (non-hydrogen) atoms. The molecule has 1 atom stereocenters. The first-order valence-electron chi connectivity index (χ1n) is 6.20. The van der Waals surface area contributed by atoms with Gasteiger partial charge in [-0.15, -0.1) is 0 Å². The molecule has 0 radical (unpaired) electrons. The maximum atomic E-state index is 12.5. The SMILES string of the molecule is CC1=C(C)C[Se+](C)C(C(=O)c2ccc([N+](=O)[O-])cc2)=C1. The Balaban J connectivity index is 2.32. The van der Waals surface area contributed by atoms with Gasteiger partial charge in [0, 0.05) is 0 Å². The molecule has 0 saturated heterocycles. The normalized spacial score (nSPS) is 18.8. The van der Waals surface area contributed by atoms with Crippen LogP contribution in [-0.2, 0) is 0 Å². The molecule has 0 aliphatic carbocycles. The summed E-state index contributed by atoms with van der Waals surface area (Å²) in [6.45, 7) is 4.13. The van der Waals surface area contributed by atoms with Crippen LogP contribution in [0.4, 0.5) is 5.69 Å². The first-order valence-corrected chi connectivity index (χ1v) is 9.98. The minimum atomic E-state index is -1.10. The summed E-state index contributed by atoms with van der Waals surface area (Å²) in [5.74, 6) is 2.17. The van der Waals surface area contributed by atoms with Crippen LogP contribution in [0.2, 0.25) is 11.1 Å². The Kier molecular flexibility index (Phi) is 4.21. The molecule has 2 rings (SSSR count). The average Bonchev–Trinajstić information content (AvgIpc) is 2.42. The van der Waals surface area contributed by atoms with Gasteiger partial charge in [0.25, 0.3) is 0 Å². The summed E-state index contributed by atoms with van der Waals surface area (Å²) in [6, 6.07) is 5.85. The average molecular weight is 337 g/mol. The molecule has 0 bridgehead atoms. The molecule has 0 fully saturated rings. The second-order valence-corrected chi connectivity index (χ2v) is 9.09.